The van der Waals surface area contributed by atoms with Gasteiger partial charge in [0, 0.05) is 5.56 Å². The summed E-state index contributed by atoms with van der Waals surface area (Å²) in [7, 11) is 0. The molecular formula is C11H10FNO3. The van der Waals surface area contributed by atoms with Crippen LogP contribution in [0.25, 0.3) is 0 Å². The normalized spacial score (nSPS) is 13.1. The number of ether oxygens (including phenoxy) is 2. The Morgan fingerprint density at radius 2 is 2.19 bits per heavy atom. The zero-order chi connectivity index (χ0) is 11.4. The van der Waals surface area contributed by atoms with Gasteiger partial charge in [-0.1, -0.05) is 0 Å². The first kappa shape index (κ1) is 10.6. The second-order valence-electron chi connectivity index (χ2n) is 3.32. The monoisotopic (exact) mass is 223 g/mol. The molecule has 0 aromatic heterocycles. The molecule has 0 aliphatic carbocycles. The molecule has 0 spiro atoms. The van der Waals surface area contributed by atoms with Crippen LogP contribution in [0.15, 0.2) is 17.1 Å². The van der Waals surface area contributed by atoms with E-state index in [1.54, 1.807) is 12.1 Å². The Kier molecular flexibility index (Phi) is 3.17. The molecule has 0 radical (unpaired) electrons. The SMILES string of the molecule is O=C=NCc1cc(CF)cc2c1OCCO2. The highest BCUT2D eigenvalue weighted by Crippen LogP contribution is 2.35. The molecule has 0 saturated heterocycles. The highest BCUT2D eigenvalue weighted by Gasteiger charge is 2.17. The summed E-state index contributed by atoms with van der Waals surface area (Å²) in [6.45, 7) is 0.427. The van der Waals surface area contributed by atoms with Gasteiger partial charge in [-0.3, -0.25) is 0 Å². The van der Waals surface area contributed by atoms with Crippen molar-refractivity contribution in [3.05, 3.63) is 23.3 Å². The van der Waals surface area contributed by atoms with Gasteiger partial charge < -0.3 is 9.47 Å². The molecule has 2 rings (SSSR count). The minimum atomic E-state index is -0.589. The Hall–Kier alpha value is -1.87. The highest BCUT2D eigenvalue weighted by molar-refractivity contribution is 5.50. The minimum absolute atomic E-state index is 0.128. The van der Waals surface area contributed by atoms with E-state index in [1.807, 2.05) is 0 Å². The molecule has 1 aliphatic heterocycles. The van der Waals surface area contributed by atoms with E-state index < -0.39 is 6.67 Å². The van der Waals surface area contributed by atoms with Gasteiger partial charge in [-0.25, -0.2) is 14.2 Å². The maximum absolute atomic E-state index is 12.6. The zero-order valence-corrected chi connectivity index (χ0v) is 8.53. The average molecular weight is 223 g/mol. The van der Waals surface area contributed by atoms with Gasteiger partial charge in [0.1, 0.15) is 19.9 Å². The van der Waals surface area contributed by atoms with Crippen LogP contribution in [0.2, 0.25) is 0 Å². The van der Waals surface area contributed by atoms with Crippen LogP contribution in [0.5, 0.6) is 11.5 Å². The Balaban J connectivity index is 2.42. The molecule has 0 bridgehead atoms. The van der Waals surface area contributed by atoms with Crippen LogP contribution in [-0.4, -0.2) is 19.3 Å². The number of isocyanates is 1. The molecule has 0 amide bonds. The lowest BCUT2D eigenvalue weighted by atomic mass is 10.1. The van der Waals surface area contributed by atoms with Gasteiger partial charge in [0.25, 0.3) is 0 Å². The zero-order valence-electron chi connectivity index (χ0n) is 8.53. The highest BCUT2D eigenvalue weighted by atomic mass is 19.1. The van der Waals surface area contributed by atoms with Crippen LogP contribution in [0.1, 0.15) is 11.1 Å². The van der Waals surface area contributed by atoms with E-state index in [9.17, 15) is 9.18 Å². The van der Waals surface area contributed by atoms with E-state index in [1.165, 1.54) is 6.08 Å². The largest absolute Gasteiger partial charge is 0.486 e. The topological polar surface area (TPSA) is 47.9 Å². The molecule has 1 aliphatic rings. The van der Waals surface area contributed by atoms with Gasteiger partial charge in [0.15, 0.2) is 11.5 Å². The Morgan fingerprint density at radius 1 is 1.38 bits per heavy atom. The maximum Gasteiger partial charge on any atom is 0.235 e. The lowest BCUT2D eigenvalue weighted by molar-refractivity contribution is 0.169. The average Bonchev–Trinajstić information content (AvgIpc) is 2.35. The van der Waals surface area contributed by atoms with Gasteiger partial charge in [0.2, 0.25) is 6.08 Å². The van der Waals surface area contributed by atoms with Crippen molar-refractivity contribution in [2.24, 2.45) is 4.99 Å². The number of hydrogen-bond donors (Lipinski definition) is 0. The van der Waals surface area contributed by atoms with E-state index >= 15 is 0 Å². The molecule has 0 N–H and O–H groups in total. The fourth-order valence-corrected chi connectivity index (χ4v) is 1.60. The third kappa shape index (κ3) is 2.04. The number of benzene rings is 1. The van der Waals surface area contributed by atoms with Crippen LogP contribution in [0.3, 0.4) is 0 Å². The standard InChI is InChI=1S/C11H10FNO3/c12-5-8-3-9(6-13-7-14)11-10(4-8)15-1-2-16-11/h3-4H,1-2,5-6H2. The molecular weight excluding hydrogens is 213 g/mol. The van der Waals surface area contributed by atoms with Crippen molar-refractivity contribution in [3.8, 4) is 11.5 Å². The molecule has 1 heterocycles. The van der Waals surface area contributed by atoms with E-state index in [4.69, 9.17) is 9.47 Å². The number of rotatable bonds is 3. The lowest BCUT2D eigenvalue weighted by Gasteiger charge is -2.21. The van der Waals surface area contributed by atoms with Crippen LogP contribution < -0.4 is 9.47 Å². The lowest BCUT2D eigenvalue weighted by Crippen LogP contribution is -2.16. The molecule has 1 aromatic rings. The van der Waals surface area contributed by atoms with E-state index in [0.29, 0.717) is 35.8 Å². The molecule has 5 heteroatoms. The van der Waals surface area contributed by atoms with E-state index in [-0.39, 0.29) is 6.54 Å². The van der Waals surface area contributed by atoms with Crippen LogP contribution in [0, 0.1) is 0 Å². The number of carbonyl (C=O) groups excluding carboxylic acids is 1. The second kappa shape index (κ2) is 4.77. The van der Waals surface area contributed by atoms with Gasteiger partial charge in [-0.15, -0.1) is 0 Å². The summed E-state index contributed by atoms with van der Waals surface area (Å²) < 4.78 is 23.4. The predicted octanol–water partition coefficient (Wildman–Crippen LogP) is 1.76. The Labute approximate surface area is 91.7 Å². The van der Waals surface area contributed by atoms with E-state index in [0.717, 1.165) is 0 Å². The van der Waals surface area contributed by atoms with E-state index in [2.05, 4.69) is 4.99 Å². The summed E-state index contributed by atoms with van der Waals surface area (Å²) >= 11 is 0. The molecule has 4 nitrogen and oxygen atoms in total. The summed E-state index contributed by atoms with van der Waals surface area (Å²) in [5.41, 5.74) is 1.13. The van der Waals surface area contributed by atoms with Crippen molar-refractivity contribution in [3.63, 3.8) is 0 Å². The Morgan fingerprint density at radius 3 is 2.94 bits per heavy atom. The third-order valence-corrected chi connectivity index (χ3v) is 2.25. The van der Waals surface area contributed by atoms with Gasteiger partial charge in [0.05, 0.1) is 6.54 Å². The van der Waals surface area contributed by atoms with Crippen LogP contribution >= 0.6 is 0 Å². The quantitative estimate of drug-likeness (QED) is 0.579. The first-order chi connectivity index (χ1) is 7.85. The predicted molar refractivity (Wildman–Crippen MR) is 54.1 cm³/mol. The smallest absolute Gasteiger partial charge is 0.235 e. The molecule has 0 fully saturated rings. The van der Waals surface area contributed by atoms with Crippen molar-refractivity contribution in [1.29, 1.82) is 0 Å². The van der Waals surface area contributed by atoms with Gasteiger partial charge >= 0.3 is 0 Å². The number of alkyl halides is 1. The summed E-state index contributed by atoms with van der Waals surface area (Å²) in [6, 6.07) is 3.22. The number of nitrogens with zero attached hydrogens (tertiary/aromatic N) is 1. The Bertz CT molecular complexity index is 441. The van der Waals surface area contributed by atoms with Gasteiger partial charge in [-0.2, -0.15) is 0 Å². The molecule has 0 unspecified atom stereocenters. The number of fused-ring (bicyclic) bond motifs is 1. The summed E-state index contributed by atoms with van der Waals surface area (Å²) in [4.78, 5) is 13.5. The maximum atomic E-state index is 12.6. The van der Waals surface area contributed by atoms with Crippen molar-refractivity contribution in [1.82, 2.24) is 0 Å². The second-order valence-corrected chi connectivity index (χ2v) is 3.32. The van der Waals surface area contributed by atoms with Crippen molar-refractivity contribution in [2.45, 2.75) is 13.2 Å². The first-order valence-electron chi connectivity index (χ1n) is 4.86. The molecule has 1 aromatic carbocycles. The fraction of sp³-hybridized carbons (Fsp3) is 0.364. The third-order valence-electron chi connectivity index (χ3n) is 2.25. The first-order valence-corrected chi connectivity index (χ1v) is 4.86. The number of halogens is 1. The molecule has 0 atom stereocenters. The molecule has 0 saturated carbocycles. The molecule has 16 heavy (non-hydrogen) atoms. The van der Waals surface area contributed by atoms with Crippen LogP contribution in [-0.2, 0) is 18.0 Å². The van der Waals surface area contributed by atoms with Gasteiger partial charge in [-0.05, 0) is 17.7 Å². The number of aliphatic imine (C=N–C) groups is 1. The summed E-state index contributed by atoms with van der Waals surface area (Å²) in [5.74, 6) is 1.06. The summed E-state index contributed by atoms with van der Waals surface area (Å²) in [5, 5.41) is 0. The van der Waals surface area contributed by atoms with Crippen molar-refractivity contribution < 1.29 is 18.7 Å². The summed E-state index contributed by atoms with van der Waals surface area (Å²) in [6.07, 6.45) is 1.45. The van der Waals surface area contributed by atoms with Crippen molar-refractivity contribution >= 4 is 6.08 Å². The molecule has 84 valence electrons. The number of hydrogen-bond acceptors (Lipinski definition) is 4. The van der Waals surface area contributed by atoms with Crippen molar-refractivity contribution in [2.75, 3.05) is 13.2 Å². The minimum Gasteiger partial charge on any atom is -0.486 e. The fourth-order valence-electron chi connectivity index (χ4n) is 1.60. The van der Waals surface area contributed by atoms with Crippen LogP contribution in [0.4, 0.5) is 4.39 Å².